The molecule has 1 saturated heterocycles. The van der Waals surface area contributed by atoms with Gasteiger partial charge in [0.1, 0.15) is 5.82 Å². The van der Waals surface area contributed by atoms with E-state index in [0.717, 1.165) is 18.8 Å². The van der Waals surface area contributed by atoms with Gasteiger partial charge in [-0.2, -0.15) is 15.0 Å². The molecule has 0 bridgehead atoms. The molecule has 2 atom stereocenters. The van der Waals surface area contributed by atoms with E-state index in [-0.39, 0.29) is 11.9 Å². The van der Waals surface area contributed by atoms with E-state index < -0.39 is 6.10 Å². The second kappa shape index (κ2) is 8.62. The predicted octanol–water partition coefficient (Wildman–Crippen LogP) is 2.46. The molecule has 156 valence electrons. The van der Waals surface area contributed by atoms with Crippen LogP contribution in [-0.2, 0) is 0 Å². The number of amides is 1. The molecule has 4 rings (SSSR count). The van der Waals surface area contributed by atoms with E-state index in [1.165, 1.54) is 4.80 Å². The van der Waals surface area contributed by atoms with E-state index in [1.54, 1.807) is 19.3 Å². The van der Waals surface area contributed by atoms with Crippen molar-refractivity contribution in [2.45, 2.75) is 32.4 Å². The Bertz CT molecular complexity index is 1000. The highest BCUT2D eigenvalue weighted by Crippen LogP contribution is 2.22. The normalized spacial score (nSPS) is 18.2. The number of aliphatic hydroxyl groups is 1. The average molecular weight is 406 g/mol. The van der Waals surface area contributed by atoms with Gasteiger partial charge in [0.2, 0.25) is 0 Å². The summed E-state index contributed by atoms with van der Waals surface area (Å²) < 4.78 is 0. The highest BCUT2D eigenvalue weighted by Gasteiger charge is 2.28. The van der Waals surface area contributed by atoms with E-state index in [4.69, 9.17) is 0 Å². The average Bonchev–Trinajstić information content (AvgIpc) is 3.23. The van der Waals surface area contributed by atoms with Crippen molar-refractivity contribution in [2.24, 2.45) is 0 Å². The van der Waals surface area contributed by atoms with Crippen molar-refractivity contribution in [1.82, 2.24) is 24.9 Å². The molecular formula is C22H26N6O2. The lowest BCUT2D eigenvalue weighted by atomic mass is 10.1. The first-order valence-corrected chi connectivity index (χ1v) is 10.2. The summed E-state index contributed by atoms with van der Waals surface area (Å²) >= 11 is 0. The van der Waals surface area contributed by atoms with Crippen LogP contribution in [0.2, 0.25) is 0 Å². The SMILES string of the molecule is CC(O)c1cccc(N2CC[C@@H](C)N(C(=O)c3ccccc3-n3nccn3)CC2)n1. The standard InChI is InChI=1S/C22H26N6O2/c1-16-10-13-26(21-9-5-7-19(25-21)17(2)29)14-15-27(16)22(30)18-6-3-4-8-20(18)28-23-11-12-24-28/h3-9,11-12,16-17,29H,10,13-15H2,1-2H3/t16-,17?/m1/s1. The van der Waals surface area contributed by atoms with E-state index in [1.807, 2.05) is 47.4 Å². The Kier molecular flexibility index (Phi) is 5.76. The Balaban J connectivity index is 1.56. The Hall–Kier alpha value is -3.26. The van der Waals surface area contributed by atoms with Crippen LogP contribution in [0.1, 0.15) is 42.4 Å². The summed E-state index contributed by atoms with van der Waals surface area (Å²) in [7, 11) is 0. The second-order valence-corrected chi connectivity index (χ2v) is 7.56. The molecule has 0 spiro atoms. The number of aromatic nitrogens is 4. The molecule has 1 aliphatic rings. The summed E-state index contributed by atoms with van der Waals surface area (Å²) in [6, 6.07) is 13.2. The van der Waals surface area contributed by atoms with E-state index in [0.29, 0.717) is 30.0 Å². The van der Waals surface area contributed by atoms with Crippen molar-refractivity contribution in [1.29, 1.82) is 0 Å². The van der Waals surface area contributed by atoms with Gasteiger partial charge in [-0.3, -0.25) is 4.79 Å². The molecule has 8 heteroatoms. The van der Waals surface area contributed by atoms with Gasteiger partial charge in [0.05, 0.1) is 35.4 Å². The highest BCUT2D eigenvalue weighted by atomic mass is 16.3. The fourth-order valence-corrected chi connectivity index (χ4v) is 3.76. The molecule has 8 nitrogen and oxygen atoms in total. The number of nitrogens with zero attached hydrogens (tertiary/aromatic N) is 6. The fourth-order valence-electron chi connectivity index (χ4n) is 3.76. The summed E-state index contributed by atoms with van der Waals surface area (Å²) in [5, 5.41) is 18.2. The number of pyridine rings is 1. The first kappa shape index (κ1) is 20.0. The van der Waals surface area contributed by atoms with Gasteiger partial charge in [-0.05, 0) is 44.5 Å². The molecule has 0 saturated carbocycles. The van der Waals surface area contributed by atoms with Gasteiger partial charge in [0.15, 0.2) is 0 Å². The molecule has 1 fully saturated rings. The van der Waals surface area contributed by atoms with Gasteiger partial charge >= 0.3 is 0 Å². The lowest BCUT2D eigenvalue weighted by Crippen LogP contribution is -2.40. The molecule has 3 heterocycles. The smallest absolute Gasteiger partial charge is 0.256 e. The number of carbonyl (C=O) groups excluding carboxylic acids is 1. The van der Waals surface area contributed by atoms with Gasteiger partial charge in [0.25, 0.3) is 5.91 Å². The maximum absolute atomic E-state index is 13.5. The van der Waals surface area contributed by atoms with Gasteiger partial charge in [-0.15, -0.1) is 0 Å². The number of benzene rings is 1. The lowest BCUT2D eigenvalue weighted by molar-refractivity contribution is 0.0705. The van der Waals surface area contributed by atoms with Crippen molar-refractivity contribution in [3.8, 4) is 5.69 Å². The Labute approximate surface area is 175 Å². The number of aliphatic hydroxyl groups excluding tert-OH is 1. The van der Waals surface area contributed by atoms with E-state index in [9.17, 15) is 9.90 Å². The van der Waals surface area contributed by atoms with Crippen molar-refractivity contribution < 1.29 is 9.90 Å². The van der Waals surface area contributed by atoms with Crippen LogP contribution in [0.3, 0.4) is 0 Å². The summed E-state index contributed by atoms with van der Waals surface area (Å²) in [5.41, 5.74) is 1.91. The molecule has 2 aromatic heterocycles. The van der Waals surface area contributed by atoms with Crippen LogP contribution in [0.15, 0.2) is 54.9 Å². The Morgan fingerprint density at radius 3 is 2.60 bits per heavy atom. The summed E-state index contributed by atoms with van der Waals surface area (Å²) in [6.45, 7) is 5.85. The van der Waals surface area contributed by atoms with E-state index >= 15 is 0 Å². The molecule has 1 unspecified atom stereocenters. The zero-order valence-electron chi connectivity index (χ0n) is 17.2. The topological polar surface area (TPSA) is 87.4 Å². The van der Waals surface area contributed by atoms with Crippen LogP contribution in [0, 0.1) is 0 Å². The highest BCUT2D eigenvalue weighted by molar-refractivity contribution is 5.98. The summed E-state index contributed by atoms with van der Waals surface area (Å²) in [4.78, 5) is 23.6. The fraction of sp³-hybridized carbons (Fsp3) is 0.364. The molecule has 1 N–H and O–H groups in total. The van der Waals surface area contributed by atoms with Crippen molar-refractivity contribution in [3.63, 3.8) is 0 Å². The zero-order chi connectivity index (χ0) is 21.1. The van der Waals surface area contributed by atoms with Crippen LogP contribution in [0.25, 0.3) is 5.69 Å². The van der Waals surface area contributed by atoms with Crippen LogP contribution < -0.4 is 4.90 Å². The number of hydrogen-bond donors (Lipinski definition) is 1. The lowest BCUT2D eigenvalue weighted by Gasteiger charge is -2.27. The van der Waals surface area contributed by atoms with Crippen molar-refractivity contribution in [2.75, 3.05) is 24.5 Å². The summed E-state index contributed by atoms with van der Waals surface area (Å²) in [5.74, 6) is 0.805. The molecule has 0 aliphatic carbocycles. The van der Waals surface area contributed by atoms with Gasteiger partial charge in [-0.25, -0.2) is 4.98 Å². The van der Waals surface area contributed by atoms with E-state index in [2.05, 4.69) is 27.0 Å². The minimum Gasteiger partial charge on any atom is -0.387 e. The first-order valence-electron chi connectivity index (χ1n) is 10.2. The molecule has 3 aromatic rings. The molecular weight excluding hydrogens is 380 g/mol. The predicted molar refractivity (Wildman–Crippen MR) is 114 cm³/mol. The van der Waals surface area contributed by atoms with Crippen LogP contribution in [0.5, 0.6) is 0 Å². The quantitative estimate of drug-likeness (QED) is 0.716. The van der Waals surface area contributed by atoms with Crippen LogP contribution in [-0.4, -0.2) is 61.6 Å². The van der Waals surface area contributed by atoms with Crippen LogP contribution in [0.4, 0.5) is 5.82 Å². The Morgan fingerprint density at radius 2 is 1.83 bits per heavy atom. The second-order valence-electron chi connectivity index (χ2n) is 7.56. The summed E-state index contributed by atoms with van der Waals surface area (Å²) in [6.07, 6.45) is 3.42. The molecule has 1 aliphatic heterocycles. The maximum Gasteiger partial charge on any atom is 0.256 e. The first-order chi connectivity index (χ1) is 14.5. The number of hydrogen-bond acceptors (Lipinski definition) is 6. The van der Waals surface area contributed by atoms with Crippen LogP contribution >= 0.6 is 0 Å². The molecule has 30 heavy (non-hydrogen) atoms. The van der Waals surface area contributed by atoms with Gasteiger partial charge in [-0.1, -0.05) is 18.2 Å². The number of carbonyl (C=O) groups is 1. The third-order valence-corrected chi connectivity index (χ3v) is 5.50. The third kappa shape index (κ3) is 4.04. The number of anilines is 1. The monoisotopic (exact) mass is 406 g/mol. The number of para-hydroxylation sites is 1. The minimum atomic E-state index is -0.610. The van der Waals surface area contributed by atoms with Crippen molar-refractivity contribution in [3.05, 3.63) is 66.1 Å². The molecule has 1 amide bonds. The maximum atomic E-state index is 13.5. The molecule has 1 aromatic carbocycles. The third-order valence-electron chi connectivity index (χ3n) is 5.50. The van der Waals surface area contributed by atoms with Crippen molar-refractivity contribution >= 4 is 11.7 Å². The van der Waals surface area contributed by atoms with Gasteiger partial charge < -0.3 is 14.9 Å². The van der Waals surface area contributed by atoms with Gasteiger partial charge in [0, 0.05) is 25.7 Å². The zero-order valence-corrected chi connectivity index (χ0v) is 17.2. The minimum absolute atomic E-state index is 0.0251. The largest absolute Gasteiger partial charge is 0.387 e. The number of rotatable bonds is 4. The molecule has 0 radical (unpaired) electrons. The Morgan fingerprint density at radius 1 is 1.07 bits per heavy atom.